The second-order valence-electron chi connectivity index (χ2n) is 6.54. The van der Waals surface area contributed by atoms with Crippen molar-refractivity contribution in [2.75, 3.05) is 47.8 Å². The van der Waals surface area contributed by atoms with Crippen LogP contribution in [0.25, 0.3) is 0 Å². The Morgan fingerprint density at radius 1 is 1.00 bits per heavy atom. The molecule has 0 aliphatic carbocycles. The zero-order valence-electron chi connectivity index (χ0n) is 15.8. The number of rotatable bonds is 4. The van der Waals surface area contributed by atoms with E-state index in [0.29, 0.717) is 22.6 Å². The van der Waals surface area contributed by atoms with Crippen LogP contribution < -0.4 is 19.6 Å². The van der Waals surface area contributed by atoms with Gasteiger partial charge >= 0.3 is 0 Å². The Hall–Kier alpha value is -2.94. The average molecular weight is 389 g/mol. The number of benzene rings is 1. The van der Waals surface area contributed by atoms with Crippen molar-refractivity contribution >= 4 is 47.0 Å². The van der Waals surface area contributed by atoms with E-state index < -0.39 is 6.04 Å². The molecule has 0 bridgehead atoms. The van der Waals surface area contributed by atoms with Crippen LogP contribution in [0, 0.1) is 5.41 Å². The third-order valence-electron chi connectivity index (χ3n) is 4.11. The summed E-state index contributed by atoms with van der Waals surface area (Å²) in [5.74, 6) is 0.887. The van der Waals surface area contributed by atoms with E-state index in [2.05, 4.69) is 15.0 Å². The molecule has 1 aliphatic heterocycles. The Morgan fingerprint density at radius 3 is 2.00 bits per heavy atom. The minimum atomic E-state index is -0.624. The Labute approximate surface area is 162 Å². The fourth-order valence-electron chi connectivity index (χ4n) is 2.65. The monoisotopic (exact) mass is 388 g/mol. The molecule has 0 unspecified atom stereocenters. The third-order valence-corrected chi connectivity index (χ3v) is 4.36. The fraction of sp³-hybridized carbons (Fsp3) is 0.353. The Morgan fingerprint density at radius 2 is 1.52 bits per heavy atom. The van der Waals surface area contributed by atoms with Crippen LogP contribution in [-0.2, 0) is 4.79 Å². The summed E-state index contributed by atoms with van der Waals surface area (Å²) in [6.07, 6.45) is 0. The molecule has 3 rings (SSSR count). The molecule has 2 aromatic rings. The van der Waals surface area contributed by atoms with E-state index in [9.17, 15) is 4.79 Å². The van der Waals surface area contributed by atoms with Gasteiger partial charge in [-0.15, -0.1) is 0 Å². The Kier molecular flexibility index (Phi) is 4.88. The van der Waals surface area contributed by atoms with E-state index in [1.54, 1.807) is 41.0 Å². The molecule has 1 aromatic carbocycles. The summed E-state index contributed by atoms with van der Waals surface area (Å²) in [5.41, 5.74) is 0.568. The van der Waals surface area contributed by atoms with Gasteiger partial charge in [-0.3, -0.25) is 15.1 Å². The zero-order valence-corrected chi connectivity index (χ0v) is 16.6. The van der Waals surface area contributed by atoms with Crippen LogP contribution in [0.4, 0.5) is 23.5 Å². The lowest BCUT2D eigenvalue weighted by molar-refractivity contribution is -0.117. The molecule has 1 N–H and O–H groups in total. The maximum Gasteiger partial charge on any atom is 0.256 e. The second kappa shape index (κ2) is 6.99. The van der Waals surface area contributed by atoms with Gasteiger partial charge in [-0.05, 0) is 31.2 Å². The van der Waals surface area contributed by atoms with Gasteiger partial charge in [0.2, 0.25) is 23.8 Å². The van der Waals surface area contributed by atoms with Gasteiger partial charge in [-0.25, -0.2) is 4.90 Å². The van der Waals surface area contributed by atoms with Gasteiger partial charge in [0.15, 0.2) is 0 Å². The Balaban J connectivity index is 2.05. The van der Waals surface area contributed by atoms with Crippen molar-refractivity contribution in [3.63, 3.8) is 0 Å². The smallest absolute Gasteiger partial charge is 0.256 e. The molecule has 1 fully saturated rings. The number of anilines is 4. The first kappa shape index (κ1) is 18.8. The van der Waals surface area contributed by atoms with Crippen molar-refractivity contribution < 1.29 is 4.79 Å². The van der Waals surface area contributed by atoms with E-state index in [4.69, 9.17) is 17.0 Å². The van der Waals surface area contributed by atoms with Crippen LogP contribution in [0.1, 0.15) is 6.92 Å². The lowest BCUT2D eigenvalue weighted by Crippen LogP contribution is -2.36. The van der Waals surface area contributed by atoms with Crippen LogP contribution in [-0.4, -0.2) is 61.1 Å². The first-order chi connectivity index (χ1) is 12.7. The molecule has 1 amide bonds. The number of carbonyl (C=O) groups excluding carboxylic acids is 1. The molecule has 1 aliphatic rings. The molecule has 1 saturated heterocycles. The van der Waals surface area contributed by atoms with Gasteiger partial charge in [0.05, 0.1) is 5.69 Å². The van der Waals surface area contributed by atoms with Crippen molar-refractivity contribution in [3.05, 3.63) is 29.3 Å². The summed E-state index contributed by atoms with van der Waals surface area (Å²) in [5, 5.41) is 9.14. The number of hydrogen-bond acceptors (Lipinski definition) is 7. The molecule has 10 heteroatoms. The number of carbonyl (C=O) groups is 1. The minimum absolute atomic E-state index is 0.0181. The molecule has 27 heavy (non-hydrogen) atoms. The lowest BCUT2D eigenvalue weighted by atomic mass is 10.2. The number of halogens is 1. The molecule has 0 spiro atoms. The fourth-order valence-corrected chi connectivity index (χ4v) is 2.78. The van der Waals surface area contributed by atoms with Crippen molar-refractivity contribution in [3.8, 4) is 0 Å². The summed E-state index contributed by atoms with van der Waals surface area (Å²) in [6, 6.07) is 6.15. The summed E-state index contributed by atoms with van der Waals surface area (Å²) >= 11 is 5.93. The summed E-state index contributed by atoms with van der Waals surface area (Å²) in [7, 11) is 7.29. The predicted molar refractivity (Wildman–Crippen MR) is 107 cm³/mol. The lowest BCUT2D eigenvalue weighted by Gasteiger charge is -2.23. The van der Waals surface area contributed by atoms with Crippen LogP contribution in [0.2, 0.25) is 5.02 Å². The quantitative estimate of drug-likeness (QED) is 0.854. The Bertz CT molecular complexity index is 857. The molecule has 2 heterocycles. The number of hydrogen-bond donors (Lipinski definition) is 1. The van der Waals surface area contributed by atoms with Crippen molar-refractivity contribution in [1.29, 1.82) is 5.41 Å². The molecule has 0 radical (unpaired) electrons. The van der Waals surface area contributed by atoms with Crippen LogP contribution in [0.5, 0.6) is 0 Å². The van der Waals surface area contributed by atoms with Crippen molar-refractivity contribution in [2.24, 2.45) is 0 Å². The van der Waals surface area contributed by atoms with E-state index in [-0.39, 0.29) is 17.8 Å². The summed E-state index contributed by atoms with van der Waals surface area (Å²) < 4.78 is 0. The van der Waals surface area contributed by atoms with E-state index in [1.807, 2.05) is 28.2 Å². The van der Waals surface area contributed by atoms with Gasteiger partial charge in [0.1, 0.15) is 6.04 Å². The second-order valence-corrected chi connectivity index (χ2v) is 6.98. The highest BCUT2D eigenvalue weighted by Crippen LogP contribution is 2.29. The zero-order chi connectivity index (χ0) is 19.9. The van der Waals surface area contributed by atoms with Crippen molar-refractivity contribution in [1.82, 2.24) is 15.0 Å². The highest BCUT2D eigenvalue weighted by Gasteiger charge is 2.43. The first-order valence-electron chi connectivity index (χ1n) is 8.28. The first-order valence-corrected chi connectivity index (χ1v) is 8.66. The van der Waals surface area contributed by atoms with Gasteiger partial charge in [-0.1, -0.05) is 11.6 Å². The van der Waals surface area contributed by atoms with Gasteiger partial charge < -0.3 is 9.80 Å². The predicted octanol–water partition coefficient (Wildman–Crippen LogP) is 1.83. The summed E-state index contributed by atoms with van der Waals surface area (Å²) in [6.45, 7) is 1.72. The van der Waals surface area contributed by atoms with E-state index in [1.165, 1.54) is 9.80 Å². The molecule has 142 valence electrons. The molecule has 1 atom stereocenters. The van der Waals surface area contributed by atoms with Crippen LogP contribution in [0.15, 0.2) is 24.3 Å². The molecule has 9 nitrogen and oxygen atoms in total. The standard InChI is InChI=1S/C17H21ClN8O/c1-10-13(27)26(12-8-6-11(18)7-9-12)14(19)25(10)17-21-15(23(2)3)20-16(22-17)24(4)5/h6-10,19H,1-5H3/t10-/m0/s1. The minimum Gasteiger partial charge on any atom is -0.347 e. The highest BCUT2D eigenvalue weighted by molar-refractivity contribution is 6.31. The summed E-state index contributed by atoms with van der Waals surface area (Å²) in [4.78, 5) is 32.4. The maximum atomic E-state index is 12.8. The number of nitrogens with zero attached hydrogens (tertiary/aromatic N) is 7. The molecular formula is C17H21ClN8O. The third kappa shape index (κ3) is 3.37. The van der Waals surface area contributed by atoms with E-state index in [0.717, 1.165) is 0 Å². The number of nitrogens with one attached hydrogen (secondary N) is 1. The molecule has 1 aromatic heterocycles. The largest absolute Gasteiger partial charge is 0.347 e. The van der Waals surface area contributed by atoms with Gasteiger partial charge in [-0.2, -0.15) is 15.0 Å². The highest BCUT2D eigenvalue weighted by atomic mass is 35.5. The number of guanidine groups is 1. The van der Waals surface area contributed by atoms with Crippen LogP contribution >= 0.6 is 11.6 Å². The average Bonchev–Trinajstić information content (AvgIpc) is 2.84. The maximum absolute atomic E-state index is 12.8. The van der Waals surface area contributed by atoms with E-state index >= 15 is 0 Å². The molecular weight excluding hydrogens is 368 g/mol. The molecule has 0 saturated carbocycles. The number of aromatic nitrogens is 3. The van der Waals surface area contributed by atoms with Gasteiger partial charge in [0, 0.05) is 33.2 Å². The topological polar surface area (TPSA) is 92.6 Å². The van der Waals surface area contributed by atoms with Crippen molar-refractivity contribution in [2.45, 2.75) is 13.0 Å². The normalized spacial score (nSPS) is 16.9. The SMILES string of the molecule is C[C@H]1C(=O)N(c2ccc(Cl)cc2)C(=N)N1c1nc(N(C)C)nc(N(C)C)n1. The van der Waals surface area contributed by atoms with Gasteiger partial charge in [0.25, 0.3) is 5.91 Å². The van der Waals surface area contributed by atoms with Crippen LogP contribution in [0.3, 0.4) is 0 Å². The number of amides is 1.